The number of esters is 1. The maximum Gasteiger partial charge on any atom is 0.319 e. The molecule has 1 aromatic rings. The Morgan fingerprint density at radius 1 is 1.22 bits per heavy atom. The minimum absolute atomic E-state index is 0.0894. The van der Waals surface area contributed by atoms with E-state index < -0.39 is 11.4 Å². The van der Waals surface area contributed by atoms with E-state index in [4.69, 9.17) is 4.74 Å². The summed E-state index contributed by atoms with van der Waals surface area (Å²) in [5.41, 5.74) is -0.497. The zero-order chi connectivity index (χ0) is 13.8. The molecule has 0 aromatic heterocycles. The zero-order valence-electron chi connectivity index (χ0n) is 10.8. The third-order valence-corrected chi connectivity index (χ3v) is 2.76. The number of halogens is 1. The average molecular weight is 252 g/mol. The molecule has 18 heavy (non-hydrogen) atoms. The predicted octanol–water partition coefficient (Wildman–Crippen LogP) is 2.53. The van der Waals surface area contributed by atoms with Gasteiger partial charge in [0.1, 0.15) is 11.2 Å². The van der Waals surface area contributed by atoms with Crippen LogP contribution in [0.2, 0.25) is 0 Å². The lowest BCUT2D eigenvalue weighted by Gasteiger charge is -2.20. The molecule has 0 aliphatic rings. The fourth-order valence-electron chi connectivity index (χ4n) is 1.43. The lowest BCUT2D eigenvalue weighted by Crippen LogP contribution is -2.36. The van der Waals surface area contributed by atoms with Crippen molar-refractivity contribution in [3.63, 3.8) is 0 Å². The Labute approximate surface area is 106 Å². The van der Waals surface area contributed by atoms with Gasteiger partial charge in [-0.2, -0.15) is 0 Å². The van der Waals surface area contributed by atoms with E-state index in [2.05, 4.69) is 0 Å². The summed E-state index contributed by atoms with van der Waals surface area (Å²) in [4.78, 5) is 23.7. The number of benzene rings is 1. The van der Waals surface area contributed by atoms with Gasteiger partial charge in [-0.05, 0) is 38.5 Å². The molecule has 98 valence electrons. The summed E-state index contributed by atoms with van der Waals surface area (Å²) in [7, 11) is 0. The number of ether oxygens (including phenoxy) is 1. The molecule has 0 spiro atoms. The zero-order valence-corrected chi connectivity index (χ0v) is 10.8. The van der Waals surface area contributed by atoms with Crippen LogP contribution in [0.1, 0.15) is 26.3 Å². The fourth-order valence-corrected chi connectivity index (χ4v) is 1.43. The smallest absolute Gasteiger partial charge is 0.319 e. The summed E-state index contributed by atoms with van der Waals surface area (Å²) < 4.78 is 17.6. The molecule has 4 heteroatoms. The molecule has 0 N–H and O–H groups in total. The molecule has 0 bridgehead atoms. The second-order valence-corrected chi connectivity index (χ2v) is 4.57. The van der Waals surface area contributed by atoms with Crippen LogP contribution in [-0.2, 0) is 20.7 Å². The molecule has 0 fully saturated rings. The third-order valence-electron chi connectivity index (χ3n) is 2.76. The van der Waals surface area contributed by atoms with E-state index in [0.29, 0.717) is 5.56 Å². The topological polar surface area (TPSA) is 43.4 Å². The van der Waals surface area contributed by atoms with Crippen LogP contribution in [0.4, 0.5) is 4.39 Å². The number of carbonyl (C=O) groups is 2. The van der Waals surface area contributed by atoms with Crippen LogP contribution in [0.5, 0.6) is 0 Å². The first-order valence-electron chi connectivity index (χ1n) is 5.83. The monoisotopic (exact) mass is 252 g/mol. The van der Waals surface area contributed by atoms with E-state index >= 15 is 0 Å². The molecule has 0 amide bonds. The standard InChI is InChI=1S/C14H17FO3/c1-4-18-13(17)14(2,3)12(16)9-10-5-7-11(15)8-6-10/h5-8H,4,9H2,1-3H3. The highest BCUT2D eigenvalue weighted by Crippen LogP contribution is 2.21. The van der Waals surface area contributed by atoms with E-state index in [0.717, 1.165) is 0 Å². The molecule has 0 heterocycles. The summed E-state index contributed by atoms with van der Waals surface area (Å²) in [6, 6.07) is 5.66. The molecule has 0 unspecified atom stereocenters. The van der Waals surface area contributed by atoms with Crippen molar-refractivity contribution in [2.45, 2.75) is 27.2 Å². The Bertz CT molecular complexity index is 435. The van der Waals surface area contributed by atoms with E-state index in [1.54, 1.807) is 6.92 Å². The first kappa shape index (κ1) is 14.4. The van der Waals surface area contributed by atoms with Crippen molar-refractivity contribution in [3.05, 3.63) is 35.6 Å². The van der Waals surface area contributed by atoms with Crippen molar-refractivity contribution in [2.75, 3.05) is 6.61 Å². The van der Waals surface area contributed by atoms with Gasteiger partial charge in [-0.1, -0.05) is 12.1 Å². The highest BCUT2D eigenvalue weighted by Gasteiger charge is 2.36. The number of carbonyl (C=O) groups excluding carboxylic acids is 2. The fraction of sp³-hybridized carbons (Fsp3) is 0.429. The van der Waals surface area contributed by atoms with Gasteiger partial charge < -0.3 is 4.74 Å². The van der Waals surface area contributed by atoms with E-state index in [-0.39, 0.29) is 24.6 Å². The Morgan fingerprint density at radius 3 is 2.28 bits per heavy atom. The van der Waals surface area contributed by atoms with Crippen LogP contribution in [0.3, 0.4) is 0 Å². The lowest BCUT2D eigenvalue weighted by atomic mass is 9.85. The van der Waals surface area contributed by atoms with E-state index in [1.165, 1.54) is 38.1 Å². The SMILES string of the molecule is CCOC(=O)C(C)(C)C(=O)Cc1ccc(F)cc1. The highest BCUT2D eigenvalue weighted by atomic mass is 19.1. The summed E-state index contributed by atoms with van der Waals surface area (Å²) in [5.74, 6) is -1.12. The van der Waals surface area contributed by atoms with Gasteiger partial charge in [-0.15, -0.1) is 0 Å². The summed E-state index contributed by atoms with van der Waals surface area (Å²) in [6.45, 7) is 5.01. The van der Waals surface area contributed by atoms with Crippen molar-refractivity contribution in [1.29, 1.82) is 0 Å². The van der Waals surface area contributed by atoms with Crippen LogP contribution in [0.15, 0.2) is 24.3 Å². The molecule has 0 saturated heterocycles. The van der Waals surface area contributed by atoms with E-state index in [9.17, 15) is 14.0 Å². The molecule has 1 aromatic carbocycles. The van der Waals surface area contributed by atoms with Crippen LogP contribution in [-0.4, -0.2) is 18.4 Å². The summed E-state index contributed by atoms with van der Waals surface area (Å²) >= 11 is 0. The largest absolute Gasteiger partial charge is 0.465 e. The Kier molecular flexibility index (Phi) is 4.59. The molecule has 1 rings (SSSR count). The quantitative estimate of drug-likeness (QED) is 0.597. The van der Waals surface area contributed by atoms with Gasteiger partial charge in [-0.25, -0.2) is 4.39 Å². The molecule has 0 aliphatic heterocycles. The third kappa shape index (κ3) is 3.39. The Hall–Kier alpha value is -1.71. The van der Waals surface area contributed by atoms with Gasteiger partial charge in [0, 0.05) is 6.42 Å². The van der Waals surface area contributed by atoms with Crippen molar-refractivity contribution in [3.8, 4) is 0 Å². The van der Waals surface area contributed by atoms with Gasteiger partial charge in [0.15, 0.2) is 5.78 Å². The number of hydrogen-bond acceptors (Lipinski definition) is 3. The van der Waals surface area contributed by atoms with Gasteiger partial charge in [0.05, 0.1) is 6.61 Å². The maximum absolute atomic E-state index is 12.7. The van der Waals surface area contributed by atoms with Gasteiger partial charge in [0.25, 0.3) is 0 Å². The van der Waals surface area contributed by atoms with Crippen molar-refractivity contribution < 1.29 is 18.7 Å². The predicted molar refractivity (Wildman–Crippen MR) is 65.5 cm³/mol. The highest BCUT2D eigenvalue weighted by molar-refractivity contribution is 6.03. The second-order valence-electron chi connectivity index (χ2n) is 4.57. The van der Waals surface area contributed by atoms with Crippen molar-refractivity contribution in [1.82, 2.24) is 0 Å². The molecular formula is C14H17FO3. The van der Waals surface area contributed by atoms with Crippen LogP contribution in [0, 0.1) is 11.2 Å². The number of hydrogen-bond donors (Lipinski definition) is 0. The minimum atomic E-state index is -1.18. The first-order valence-corrected chi connectivity index (χ1v) is 5.83. The van der Waals surface area contributed by atoms with Gasteiger partial charge >= 0.3 is 5.97 Å². The first-order chi connectivity index (χ1) is 8.37. The Morgan fingerprint density at radius 2 is 1.78 bits per heavy atom. The van der Waals surface area contributed by atoms with Gasteiger partial charge in [0.2, 0.25) is 0 Å². The molecule has 0 atom stereocenters. The molecule has 0 radical (unpaired) electrons. The normalized spacial score (nSPS) is 11.1. The number of ketones is 1. The Balaban J connectivity index is 2.75. The van der Waals surface area contributed by atoms with Crippen LogP contribution in [0.25, 0.3) is 0 Å². The lowest BCUT2D eigenvalue weighted by molar-refractivity contribution is -0.157. The molecule has 0 aliphatic carbocycles. The number of Topliss-reactive ketones (excluding diaryl/α,β-unsaturated/α-hetero) is 1. The summed E-state index contributed by atoms with van der Waals surface area (Å²) in [6.07, 6.45) is 0.0894. The average Bonchev–Trinajstić information content (AvgIpc) is 2.32. The van der Waals surface area contributed by atoms with Gasteiger partial charge in [-0.3, -0.25) is 9.59 Å². The van der Waals surface area contributed by atoms with Crippen molar-refractivity contribution >= 4 is 11.8 Å². The van der Waals surface area contributed by atoms with Crippen molar-refractivity contribution in [2.24, 2.45) is 5.41 Å². The summed E-state index contributed by atoms with van der Waals surface area (Å²) in [5, 5.41) is 0. The molecule has 0 saturated carbocycles. The number of rotatable bonds is 5. The molecular weight excluding hydrogens is 235 g/mol. The van der Waals surface area contributed by atoms with E-state index in [1.807, 2.05) is 0 Å². The minimum Gasteiger partial charge on any atom is -0.465 e. The van der Waals surface area contributed by atoms with Crippen LogP contribution >= 0.6 is 0 Å². The second kappa shape index (κ2) is 5.76. The molecule has 3 nitrogen and oxygen atoms in total. The van der Waals surface area contributed by atoms with Crippen LogP contribution < -0.4 is 0 Å². The maximum atomic E-state index is 12.7.